The van der Waals surface area contributed by atoms with Gasteiger partial charge in [-0.05, 0) is 36.9 Å². The minimum absolute atomic E-state index is 0. The molecule has 0 unspecified atom stereocenters. The third kappa shape index (κ3) is 3.50. The molecule has 122 valence electrons. The van der Waals surface area contributed by atoms with Gasteiger partial charge >= 0.3 is 0 Å². The molecule has 0 radical (unpaired) electrons. The van der Waals surface area contributed by atoms with Gasteiger partial charge in [-0.3, -0.25) is 0 Å². The third-order valence-corrected chi connectivity index (χ3v) is 3.92. The molecule has 4 nitrogen and oxygen atoms in total. The Kier molecular flexibility index (Phi) is 5.66. The van der Waals surface area contributed by atoms with Gasteiger partial charge in [-0.2, -0.15) is 0 Å². The average Bonchev–Trinajstić information content (AvgIpc) is 2.92. The van der Waals surface area contributed by atoms with E-state index in [9.17, 15) is 10.2 Å². The van der Waals surface area contributed by atoms with E-state index >= 15 is 0 Å². The lowest BCUT2D eigenvalue weighted by Gasteiger charge is -2.26. The molecule has 5 heteroatoms. The van der Waals surface area contributed by atoms with Crippen LogP contribution < -0.4 is 5.32 Å². The number of benzene rings is 2. The minimum Gasteiger partial charge on any atom is -0.508 e. The summed E-state index contributed by atoms with van der Waals surface area (Å²) in [6.07, 6.45) is 1.40. The van der Waals surface area contributed by atoms with Crippen molar-refractivity contribution in [1.82, 2.24) is 9.88 Å². The summed E-state index contributed by atoms with van der Waals surface area (Å²) in [5.41, 5.74) is 2.04. The number of likely N-dealkylation sites (N-methyl/N-ethyl adjacent to an activating group) is 1. The van der Waals surface area contributed by atoms with E-state index in [4.69, 9.17) is 0 Å². The van der Waals surface area contributed by atoms with E-state index in [0.29, 0.717) is 6.54 Å². The van der Waals surface area contributed by atoms with Crippen LogP contribution in [-0.2, 0) is 0 Å². The fourth-order valence-electron chi connectivity index (χ4n) is 2.93. The first kappa shape index (κ1) is 17.3. The van der Waals surface area contributed by atoms with Gasteiger partial charge in [0, 0.05) is 23.6 Å². The number of rotatable bonds is 5. The molecular weight excluding hydrogens is 312 g/mol. The van der Waals surface area contributed by atoms with Crippen molar-refractivity contribution in [2.24, 2.45) is 0 Å². The number of nitrogens with one attached hydrogen (secondary N) is 1. The number of halogens is 1. The maximum absolute atomic E-state index is 10.6. The minimum atomic E-state index is -0.559. The Bertz CT molecular complexity index is 758. The van der Waals surface area contributed by atoms with Gasteiger partial charge in [0.15, 0.2) is 0 Å². The highest BCUT2D eigenvalue weighted by Crippen LogP contribution is 2.29. The Morgan fingerprint density at radius 3 is 2.52 bits per heavy atom. The van der Waals surface area contributed by atoms with Crippen LogP contribution in [0.25, 0.3) is 10.9 Å². The first-order valence-electron chi connectivity index (χ1n) is 7.38. The van der Waals surface area contributed by atoms with Gasteiger partial charge in [-0.15, -0.1) is 12.4 Å². The zero-order chi connectivity index (χ0) is 15.5. The predicted molar refractivity (Wildman–Crippen MR) is 95.4 cm³/mol. The van der Waals surface area contributed by atoms with Gasteiger partial charge in [0.05, 0.1) is 12.1 Å². The molecule has 0 amide bonds. The Morgan fingerprint density at radius 1 is 1.09 bits per heavy atom. The second-order valence-electron chi connectivity index (χ2n) is 5.45. The number of hydrogen-bond donors (Lipinski definition) is 3. The van der Waals surface area contributed by atoms with Gasteiger partial charge in [0.2, 0.25) is 0 Å². The van der Waals surface area contributed by atoms with Crippen LogP contribution >= 0.6 is 12.4 Å². The molecule has 0 bridgehead atoms. The van der Waals surface area contributed by atoms with E-state index in [0.717, 1.165) is 16.5 Å². The second-order valence-corrected chi connectivity index (χ2v) is 5.45. The lowest BCUT2D eigenvalue weighted by molar-refractivity contribution is 0.132. The number of aromatic hydroxyl groups is 1. The van der Waals surface area contributed by atoms with Crippen molar-refractivity contribution >= 4 is 23.3 Å². The van der Waals surface area contributed by atoms with Crippen LogP contribution in [0.2, 0.25) is 0 Å². The Balaban J connectivity index is 0.00000192. The quantitative estimate of drug-likeness (QED) is 0.673. The molecule has 3 N–H and O–H groups in total. The van der Waals surface area contributed by atoms with E-state index in [1.54, 1.807) is 12.1 Å². The van der Waals surface area contributed by atoms with Gasteiger partial charge < -0.3 is 20.1 Å². The number of nitrogens with zero attached hydrogens (tertiary/aromatic N) is 1. The van der Waals surface area contributed by atoms with Crippen molar-refractivity contribution < 1.29 is 10.2 Å². The zero-order valence-corrected chi connectivity index (χ0v) is 13.7. The average molecular weight is 333 g/mol. The van der Waals surface area contributed by atoms with Crippen molar-refractivity contribution in [3.63, 3.8) is 0 Å². The molecule has 0 aliphatic rings. The maximum Gasteiger partial charge on any atom is 0.116 e. The van der Waals surface area contributed by atoms with Crippen molar-refractivity contribution in [2.75, 3.05) is 13.6 Å². The molecule has 0 fully saturated rings. The molecule has 23 heavy (non-hydrogen) atoms. The van der Waals surface area contributed by atoms with Crippen LogP contribution in [0.4, 0.5) is 0 Å². The van der Waals surface area contributed by atoms with Crippen LogP contribution in [0.5, 0.6) is 5.75 Å². The van der Waals surface area contributed by atoms with Gasteiger partial charge in [-0.1, -0.05) is 30.3 Å². The number of phenols is 1. The summed E-state index contributed by atoms with van der Waals surface area (Å²) < 4.78 is 2.06. The van der Waals surface area contributed by atoms with Gasteiger partial charge in [0.1, 0.15) is 5.75 Å². The van der Waals surface area contributed by atoms with E-state index in [2.05, 4.69) is 9.88 Å². The molecule has 3 aromatic rings. The summed E-state index contributed by atoms with van der Waals surface area (Å²) in [6, 6.07) is 17.0. The molecule has 1 heterocycles. The summed E-state index contributed by atoms with van der Waals surface area (Å²) >= 11 is 0. The number of aliphatic hydroxyl groups excluding tert-OH is 1. The van der Waals surface area contributed by atoms with Crippen LogP contribution in [0.3, 0.4) is 0 Å². The molecule has 0 aliphatic carbocycles. The molecule has 1 aromatic heterocycles. The summed E-state index contributed by atoms with van der Waals surface area (Å²) in [6.45, 7) is 0.497. The lowest BCUT2D eigenvalue weighted by atomic mass is 10.0. The van der Waals surface area contributed by atoms with Crippen molar-refractivity contribution in [3.05, 3.63) is 66.4 Å². The topological polar surface area (TPSA) is 57.4 Å². The van der Waals surface area contributed by atoms with Crippen molar-refractivity contribution in [2.45, 2.75) is 12.1 Å². The third-order valence-electron chi connectivity index (χ3n) is 3.92. The molecule has 2 aromatic carbocycles. The standard InChI is InChI=1S/C18H20N2O2.ClH/c1-19-12-17(22)18(13-5-3-2-4-6-13)20-10-9-14-11-15(21)7-8-16(14)20;/h2-11,17-19,21-22H,12H2,1H3;1H/t17-,18+;/m1./s1. The molecule has 0 saturated carbocycles. The number of phenolic OH excluding ortho intramolecular Hbond substituents is 1. The molecule has 0 saturated heterocycles. The van der Waals surface area contributed by atoms with Crippen LogP contribution in [-0.4, -0.2) is 34.5 Å². The summed E-state index contributed by atoms with van der Waals surface area (Å²) in [5, 5.41) is 24.2. The van der Waals surface area contributed by atoms with E-state index in [1.807, 2.05) is 55.7 Å². The SMILES string of the molecule is CNC[C@@H](O)[C@H](c1ccccc1)n1ccc2cc(O)ccc21.Cl. The van der Waals surface area contributed by atoms with E-state index < -0.39 is 6.10 Å². The highest BCUT2D eigenvalue weighted by Gasteiger charge is 2.23. The van der Waals surface area contributed by atoms with Crippen molar-refractivity contribution in [3.8, 4) is 5.75 Å². The van der Waals surface area contributed by atoms with Gasteiger partial charge in [0.25, 0.3) is 0 Å². The van der Waals surface area contributed by atoms with E-state index in [1.165, 1.54) is 0 Å². The smallest absolute Gasteiger partial charge is 0.116 e. The first-order chi connectivity index (χ1) is 10.7. The molecule has 0 spiro atoms. The monoisotopic (exact) mass is 332 g/mol. The Labute approximate surface area is 141 Å². The molecule has 0 aliphatic heterocycles. The van der Waals surface area contributed by atoms with E-state index in [-0.39, 0.29) is 24.2 Å². The fraction of sp³-hybridized carbons (Fsp3) is 0.222. The number of fused-ring (bicyclic) bond motifs is 1. The number of hydrogen-bond acceptors (Lipinski definition) is 3. The summed E-state index contributed by atoms with van der Waals surface area (Å²) in [4.78, 5) is 0. The summed E-state index contributed by atoms with van der Waals surface area (Å²) in [5.74, 6) is 0.247. The molecule has 2 atom stereocenters. The number of aliphatic hydroxyl groups is 1. The van der Waals surface area contributed by atoms with Crippen LogP contribution in [0, 0.1) is 0 Å². The molecular formula is C18H21ClN2O2. The molecule has 3 rings (SSSR count). The Hall–Kier alpha value is -2.01. The van der Waals surface area contributed by atoms with Crippen LogP contribution in [0.15, 0.2) is 60.8 Å². The number of aromatic nitrogens is 1. The highest BCUT2D eigenvalue weighted by molar-refractivity contribution is 5.85. The predicted octanol–water partition coefficient (Wildman–Crippen LogP) is 2.94. The van der Waals surface area contributed by atoms with Crippen molar-refractivity contribution in [1.29, 1.82) is 0 Å². The Morgan fingerprint density at radius 2 is 1.83 bits per heavy atom. The zero-order valence-electron chi connectivity index (χ0n) is 12.9. The summed E-state index contributed by atoms with van der Waals surface area (Å²) in [7, 11) is 1.83. The maximum atomic E-state index is 10.6. The fourth-order valence-corrected chi connectivity index (χ4v) is 2.93. The highest BCUT2D eigenvalue weighted by atomic mass is 35.5. The van der Waals surface area contributed by atoms with Crippen LogP contribution in [0.1, 0.15) is 11.6 Å². The largest absolute Gasteiger partial charge is 0.508 e. The first-order valence-corrected chi connectivity index (χ1v) is 7.38. The normalized spacial score (nSPS) is 13.5. The second kappa shape index (κ2) is 7.51. The lowest BCUT2D eigenvalue weighted by Crippen LogP contribution is -2.33. The van der Waals surface area contributed by atoms with Gasteiger partial charge in [-0.25, -0.2) is 0 Å².